The molecule has 2 heterocycles. The lowest BCUT2D eigenvalue weighted by molar-refractivity contribution is 0.256. The molecule has 0 fully saturated rings. The van der Waals surface area contributed by atoms with E-state index in [9.17, 15) is 4.79 Å². The molecule has 3 rings (SSSR count). The Kier molecular flexibility index (Phi) is 5.01. The number of carbonyl (C=O) groups excluding carboxylic acids is 1. The Morgan fingerprint density at radius 2 is 1.81 bits per heavy atom. The van der Waals surface area contributed by atoms with Crippen molar-refractivity contribution in [2.24, 2.45) is 0 Å². The fraction of sp³-hybridized carbons (Fsp3) is 0.333. The summed E-state index contributed by atoms with van der Waals surface area (Å²) in [5, 5.41) is 2.89. The third kappa shape index (κ3) is 3.17. The number of fused-ring (bicyclic) bond motifs is 1. The number of anilines is 3. The third-order valence-corrected chi connectivity index (χ3v) is 4.24. The molecular weight excluding hydrogens is 336 g/mol. The number of benzene rings is 1. The number of ether oxygens (including phenoxy) is 3. The first-order chi connectivity index (χ1) is 12.6. The Hall–Kier alpha value is -3.16. The van der Waals surface area contributed by atoms with Gasteiger partial charge in [-0.1, -0.05) is 0 Å². The lowest BCUT2D eigenvalue weighted by atomic mass is 10.2. The molecule has 0 saturated carbocycles. The van der Waals surface area contributed by atoms with Gasteiger partial charge in [-0.15, -0.1) is 0 Å². The van der Waals surface area contributed by atoms with Crippen LogP contribution in [0.25, 0.3) is 0 Å². The number of amides is 2. The van der Waals surface area contributed by atoms with Crippen LogP contribution in [0.5, 0.6) is 17.2 Å². The summed E-state index contributed by atoms with van der Waals surface area (Å²) >= 11 is 0. The number of nitrogens with one attached hydrogen (secondary N) is 1. The molecule has 1 N–H and O–H groups in total. The Morgan fingerprint density at radius 3 is 2.42 bits per heavy atom. The molecule has 0 spiro atoms. The summed E-state index contributed by atoms with van der Waals surface area (Å²) in [4.78, 5) is 20.9. The van der Waals surface area contributed by atoms with Gasteiger partial charge in [-0.2, -0.15) is 0 Å². The number of carbonyl (C=O) groups is 1. The van der Waals surface area contributed by atoms with E-state index >= 15 is 0 Å². The molecule has 0 unspecified atom stereocenters. The number of pyridine rings is 1. The van der Waals surface area contributed by atoms with Gasteiger partial charge in [0.25, 0.3) is 0 Å². The molecule has 2 amide bonds. The van der Waals surface area contributed by atoms with Gasteiger partial charge in [0.05, 0.1) is 32.7 Å². The van der Waals surface area contributed by atoms with Crippen molar-refractivity contribution in [3.8, 4) is 17.2 Å². The second-order valence-electron chi connectivity index (χ2n) is 5.76. The summed E-state index contributed by atoms with van der Waals surface area (Å²) < 4.78 is 16.0. The molecule has 8 heteroatoms. The van der Waals surface area contributed by atoms with E-state index in [4.69, 9.17) is 14.2 Å². The van der Waals surface area contributed by atoms with Gasteiger partial charge >= 0.3 is 6.03 Å². The van der Waals surface area contributed by atoms with Crippen molar-refractivity contribution in [3.05, 3.63) is 30.5 Å². The maximum atomic E-state index is 12.8. The maximum absolute atomic E-state index is 12.8. The predicted octanol–water partition coefficient (Wildman–Crippen LogP) is 2.60. The lowest BCUT2D eigenvalue weighted by Crippen LogP contribution is -2.45. The van der Waals surface area contributed by atoms with Crippen molar-refractivity contribution < 1.29 is 19.0 Å². The number of methoxy groups -OCH3 is 3. The first kappa shape index (κ1) is 17.7. The zero-order valence-corrected chi connectivity index (χ0v) is 15.3. The van der Waals surface area contributed by atoms with Gasteiger partial charge in [-0.3, -0.25) is 4.90 Å². The molecule has 0 bridgehead atoms. The quantitative estimate of drug-likeness (QED) is 0.905. The van der Waals surface area contributed by atoms with Crippen molar-refractivity contribution in [2.75, 3.05) is 56.6 Å². The highest BCUT2D eigenvalue weighted by Gasteiger charge is 2.26. The van der Waals surface area contributed by atoms with Crippen LogP contribution in [-0.2, 0) is 0 Å². The SMILES string of the molecule is COc1cc(NC(=O)N2CCN(C)c3ncccc32)cc(OC)c1OC. The predicted molar refractivity (Wildman–Crippen MR) is 100.0 cm³/mol. The maximum Gasteiger partial charge on any atom is 0.326 e. The summed E-state index contributed by atoms with van der Waals surface area (Å²) in [7, 11) is 6.56. The lowest BCUT2D eigenvalue weighted by Gasteiger charge is -2.34. The number of likely N-dealkylation sites (N-methyl/N-ethyl adjacent to an activating group) is 1. The minimum atomic E-state index is -0.248. The molecule has 8 nitrogen and oxygen atoms in total. The topological polar surface area (TPSA) is 76.2 Å². The van der Waals surface area contributed by atoms with Crippen molar-refractivity contribution in [2.45, 2.75) is 0 Å². The summed E-state index contributed by atoms with van der Waals surface area (Å²) in [6.07, 6.45) is 1.72. The average molecular weight is 358 g/mol. The highest BCUT2D eigenvalue weighted by atomic mass is 16.5. The van der Waals surface area contributed by atoms with E-state index < -0.39 is 0 Å². The van der Waals surface area contributed by atoms with Gasteiger partial charge < -0.3 is 24.4 Å². The Bertz CT molecular complexity index is 787. The summed E-state index contributed by atoms with van der Waals surface area (Å²) in [6, 6.07) is 6.84. The van der Waals surface area contributed by atoms with E-state index in [0.717, 1.165) is 11.5 Å². The summed E-state index contributed by atoms with van der Waals surface area (Å²) in [5.41, 5.74) is 1.32. The number of rotatable bonds is 4. The highest BCUT2D eigenvalue weighted by Crippen LogP contribution is 2.40. The van der Waals surface area contributed by atoms with Gasteiger partial charge in [0.15, 0.2) is 17.3 Å². The van der Waals surface area contributed by atoms with Crippen molar-refractivity contribution in [1.29, 1.82) is 0 Å². The highest BCUT2D eigenvalue weighted by molar-refractivity contribution is 6.04. The van der Waals surface area contributed by atoms with Crippen LogP contribution in [-0.4, -0.2) is 52.5 Å². The fourth-order valence-corrected chi connectivity index (χ4v) is 2.92. The standard InChI is InChI=1S/C18H22N4O4/c1-21-8-9-22(13-6-5-7-19-17(13)21)18(23)20-12-10-14(24-2)16(26-4)15(11-12)25-3/h5-7,10-11H,8-9H2,1-4H3,(H,20,23). The molecule has 0 saturated heterocycles. The van der Waals surface area contributed by atoms with Crippen molar-refractivity contribution >= 4 is 23.2 Å². The summed E-state index contributed by atoms with van der Waals surface area (Å²) in [5.74, 6) is 2.20. The Labute approximate surface area is 152 Å². The van der Waals surface area contributed by atoms with Gasteiger partial charge in [0, 0.05) is 38.5 Å². The van der Waals surface area contributed by atoms with Crippen LogP contribution in [0.1, 0.15) is 0 Å². The van der Waals surface area contributed by atoms with Crippen LogP contribution in [0.15, 0.2) is 30.5 Å². The van der Waals surface area contributed by atoms with Crippen molar-refractivity contribution in [3.63, 3.8) is 0 Å². The molecule has 1 aromatic heterocycles. The van der Waals surface area contributed by atoms with E-state index in [1.807, 2.05) is 24.1 Å². The number of hydrogen-bond donors (Lipinski definition) is 1. The first-order valence-electron chi connectivity index (χ1n) is 8.13. The number of urea groups is 1. The average Bonchev–Trinajstić information content (AvgIpc) is 2.67. The second kappa shape index (κ2) is 7.38. The first-order valence-corrected chi connectivity index (χ1v) is 8.13. The van der Waals surface area contributed by atoms with E-state index in [-0.39, 0.29) is 6.03 Å². The number of hydrogen-bond acceptors (Lipinski definition) is 6. The summed E-state index contributed by atoms with van der Waals surface area (Å²) in [6.45, 7) is 1.26. The molecule has 0 radical (unpaired) electrons. The monoisotopic (exact) mass is 358 g/mol. The van der Waals surface area contributed by atoms with E-state index in [1.54, 1.807) is 23.2 Å². The molecule has 0 atom stereocenters. The minimum absolute atomic E-state index is 0.248. The molecule has 138 valence electrons. The molecule has 0 aliphatic carbocycles. The largest absolute Gasteiger partial charge is 0.493 e. The normalized spacial score (nSPS) is 13.1. The molecule has 1 aliphatic rings. The molecule has 26 heavy (non-hydrogen) atoms. The van der Waals surface area contributed by atoms with E-state index in [0.29, 0.717) is 36.0 Å². The van der Waals surface area contributed by atoms with Gasteiger partial charge in [0.2, 0.25) is 5.75 Å². The second-order valence-corrected chi connectivity index (χ2v) is 5.76. The van der Waals surface area contributed by atoms with Crippen molar-refractivity contribution in [1.82, 2.24) is 4.98 Å². The Balaban J connectivity index is 1.88. The van der Waals surface area contributed by atoms with E-state index in [2.05, 4.69) is 10.3 Å². The molecular formula is C18H22N4O4. The molecule has 1 aliphatic heterocycles. The smallest absolute Gasteiger partial charge is 0.326 e. The zero-order chi connectivity index (χ0) is 18.7. The van der Waals surface area contributed by atoms with Crippen LogP contribution < -0.4 is 29.3 Å². The van der Waals surface area contributed by atoms with Gasteiger partial charge in [0.1, 0.15) is 0 Å². The zero-order valence-electron chi connectivity index (χ0n) is 15.3. The number of nitrogens with zero attached hydrogens (tertiary/aromatic N) is 3. The van der Waals surface area contributed by atoms with Crippen LogP contribution >= 0.6 is 0 Å². The van der Waals surface area contributed by atoms with Gasteiger partial charge in [-0.25, -0.2) is 9.78 Å². The van der Waals surface area contributed by atoms with Gasteiger partial charge in [-0.05, 0) is 12.1 Å². The molecule has 2 aromatic rings. The van der Waals surface area contributed by atoms with Crippen LogP contribution in [0.2, 0.25) is 0 Å². The molecule has 1 aromatic carbocycles. The number of aromatic nitrogens is 1. The van der Waals surface area contributed by atoms with Crippen LogP contribution in [0, 0.1) is 0 Å². The van der Waals surface area contributed by atoms with Crippen LogP contribution in [0.3, 0.4) is 0 Å². The minimum Gasteiger partial charge on any atom is -0.493 e. The Morgan fingerprint density at radius 1 is 1.12 bits per heavy atom. The third-order valence-electron chi connectivity index (χ3n) is 4.24. The fourth-order valence-electron chi connectivity index (χ4n) is 2.92. The van der Waals surface area contributed by atoms with E-state index in [1.165, 1.54) is 21.3 Å². The van der Waals surface area contributed by atoms with Crippen LogP contribution in [0.4, 0.5) is 22.0 Å².